The molecule has 1 aliphatic rings. The SMILES string of the molecule is O=C(Cc1ccc(N2CCCC2=O)cc1)NCc1cccnc1-n1cncn1. The van der Waals surface area contributed by atoms with E-state index in [0.717, 1.165) is 29.8 Å². The number of anilines is 1. The summed E-state index contributed by atoms with van der Waals surface area (Å²) in [5.41, 5.74) is 2.64. The van der Waals surface area contributed by atoms with Crippen LogP contribution in [0.15, 0.2) is 55.2 Å². The predicted octanol–water partition coefficient (Wildman–Crippen LogP) is 1.65. The molecule has 1 N–H and O–H groups in total. The first-order valence-corrected chi connectivity index (χ1v) is 9.15. The van der Waals surface area contributed by atoms with Gasteiger partial charge in [0.25, 0.3) is 0 Å². The Labute approximate surface area is 162 Å². The van der Waals surface area contributed by atoms with E-state index in [4.69, 9.17) is 0 Å². The quantitative estimate of drug-likeness (QED) is 0.706. The Morgan fingerprint density at radius 3 is 2.75 bits per heavy atom. The van der Waals surface area contributed by atoms with E-state index in [9.17, 15) is 9.59 Å². The number of rotatable bonds is 6. The second-order valence-corrected chi connectivity index (χ2v) is 6.60. The van der Waals surface area contributed by atoms with E-state index >= 15 is 0 Å². The molecule has 0 unspecified atom stereocenters. The Morgan fingerprint density at radius 2 is 2.04 bits per heavy atom. The van der Waals surface area contributed by atoms with Crippen LogP contribution in [0.4, 0.5) is 5.69 Å². The number of nitrogens with zero attached hydrogens (tertiary/aromatic N) is 5. The number of pyridine rings is 1. The van der Waals surface area contributed by atoms with Crippen molar-refractivity contribution in [3.8, 4) is 5.82 Å². The van der Waals surface area contributed by atoms with Gasteiger partial charge in [-0.25, -0.2) is 14.6 Å². The first kappa shape index (κ1) is 17.8. The van der Waals surface area contributed by atoms with Crippen molar-refractivity contribution in [2.24, 2.45) is 0 Å². The van der Waals surface area contributed by atoms with Crippen molar-refractivity contribution in [1.82, 2.24) is 25.1 Å². The molecule has 8 nitrogen and oxygen atoms in total. The Kier molecular flexibility index (Phi) is 5.09. The van der Waals surface area contributed by atoms with Gasteiger partial charge in [0.05, 0.1) is 6.42 Å². The first-order valence-electron chi connectivity index (χ1n) is 9.15. The van der Waals surface area contributed by atoms with Crippen LogP contribution in [-0.2, 0) is 22.6 Å². The molecule has 1 fully saturated rings. The van der Waals surface area contributed by atoms with E-state index < -0.39 is 0 Å². The van der Waals surface area contributed by atoms with E-state index in [1.54, 1.807) is 22.1 Å². The van der Waals surface area contributed by atoms with Crippen LogP contribution in [0.2, 0.25) is 0 Å². The van der Waals surface area contributed by atoms with Crippen LogP contribution >= 0.6 is 0 Å². The maximum Gasteiger partial charge on any atom is 0.227 e. The van der Waals surface area contributed by atoms with Crippen LogP contribution in [0.25, 0.3) is 5.82 Å². The lowest BCUT2D eigenvalue weighted by Crippen LogP contribution is -2.26. The maximum atomic E-state index is 12.3. The van der Waals surface area contributed by atoms with E-state index in [2.05, 4.69) is 20.4 Å². The number of aromatic nitrogens is 4. The summed E-state index contributed by atoms with van der Waals surface area (Å²) in [4.78, 5) is 34.2. The van der Waals surface area contributed by atoms with Gasteiger partial charge in [-0.15, -0.1) is 0 Å². The topological polar surface area (TPSA) is 93.0 Å². The largest absolute Gasteiger partial charge is 0.352 e. The minimum atomic E-state index is -0.0848. The Balaban J connectivity index is 1.36. The van der Waals surface area contributed by atoms with Gasteiger partial charge in [-0.3, -0.25) is 9.59 Å². The first-order chi connectivity index (χ1) is 13.7. The second-order valence-electron chi connectivity index (χ2n) is 6.60. The van der Waals surface area contributed by atoms with Crippen LogP contribution in [0.3, 0.4) is 0 Å². The molecule has 1 aromatic carbocycles. The molecule has 0 saturated carbocycles. The highest BCUT2D eigenvalue weighted by atomic mass is 16.2. The number of carbonyl (C=O) groups excluding carboxylic acids is 2. The van der Waals surface area contributed by atoms with E-state index in [1.165, 1.54) is 6.33 Å². The van der Waals surface area contributed by atoms with Crippen LogP contribution in [0.5, 0.6) is 0 Å². The van der Waals surface area contributed by atoms with Crippen LogP contribution < -0.4 is 10.2 Å². The van der Waals surface area contributed by atoms with E-state index in [1.807, 2.05) is 36.4 Å². The van der Waals surface area contributed by atoms with Gasteiger partial charge < -0.3 is 10.2 Å². The smallest absolute Gasteiger partial charge is 0.227 e. The fourth-order valence-electron chi connectivity index (χ4n) is 3.25. The average Bonchev–Trinajstić information content (AvgIpc) is 3.39. The van der Waals surface area contributed by atoms with E-state index in [-0.39, 0.29) is 18.2 Å². The van der Waals surface area contributed by atoms with Crippen LogP contribution in [0, 0.1) is 0 Å². The van der Waals surface area contributed by atoms with Crippen molar-refractivity contribution < 1.29 is 9.59 Å². The molecule has 0 atom stereocenters. The summed E-state index contributed by atoms with van der Waals surface area (Å²) in [6, 6.07) is 11.3. The normalized spacial score (nSPS) is 13.7. The van der Waals surface area contributed by atoms with Crippen molar-refractivity contribution in [2.75, 3.05) is 11.4 Å². The highest BCUT2D eigenvalue weighted by Crippen LogP contribution is 2.21. The lowest BCUT2D eigenvalue weighted by Gasteiger charge is -2.16. The van der Waals surface area contributed by atoms with Crippen molar-refractivity contribution in [2.45, 2.75) is 25.8 Å². The molecular weight excluding hydrogens is 356 g/mol. The third kappa shape index (κ3) is 3.90. The molecular formula is C20H20N6O2. The number of hydrogen-bond acceptors (Lipinski definition) is 5. The molecule has 1 aliphatic heterocycles. The van der Waals surface area contributed by atoms with Gasteiger partial charge in [0.15, 0.2) is 5.82 Å². The molecule has 2 aromatic heterocycles. The minimum Gasteiger partial charge on any atom is -0.352 e. The summed E-state index contributed by atoms with van der Waals surface area (Å²) in [5, 5.41) is 7.01. The summed E-state index contributed by atoms with van der Waals surface area (Å²) in [6.45, 7) is 1.11. The van der Waals surface area contributed by atoms with Gasteiger partial charge in [-0.2, -0.15) is 5.10 Å². The zero-order valence-corrected chi connectivity index (χ0v) is 15.3. The lowest BCUT2D eigenvalue weighted by atomic mass is 10.1. The van der Waals surface area contributed by atoms with Gasteiger partial charge in [0.1, 0.15) is 12.7 Å². The minimum absolute atomic E-state index is 0.0848. The number of amides is 2. The highest BCUT2D eigenvalue weighted by Gasteiger charge is 2.21. The molecule has 4 rings (SSSR count). The van der Waals surface area contributed by atoms with Crippen molar-refractivity contribution >= 4 is 17.5 Å². The summed E-state index contributed by atoms with van der Waals surface area (Å²) < 4.78 is 1.57. The monoisotopic (exact) mass is 376 g/mol. The van der Waals surface area contributed by atoms with Gasteiger partial charge in [-0.1, -0.05) is 18.2 Å². The van der Waals surface area contributed by atoms with Crippen molar-refractivity contribution in [3.05, 3.63) is 66.4 Å². The van der Waals surface area contributed by atoms with Gasteiger partial charge >= 0.3 is 0 Å². The Bertz CT molecular complexity index is 969. The molecule has 0 bridgehead atoms. The average molecular weight is 376 g/mol. The van der Waals surface area contributed by atoms with Crippen molar-refractivity contribution in [3.63, 3.8) is 0 Å². The zero-order chi connectivity index (χ0) is 19.3. The zero-order valence-electron chi connectivity index (χ0n) is 15.3. The maximum absolute atomic E-state index is 12.3. The second kappa shape index (κ2) is 7.99. The van der Waals surface area contributed by atoms with Gasteiger partial charge in [0.2, 0.25) is 11.8 Å². The fraction of sp³-hybridized carbons (Fsp3) is 0.250. The highest BCUT2D eigenvalue weighted by molar-refractivity contribution is 5.95. The molecule has 3 heterocycles. The molecule has 0 aliphatic carbocycles. The van der Waals surface area contributed by atoms with E-state index in [0.29, 0.717) is 18.8 Å². The summed E-state index contributed by atoms with van der Waals surface area (Å²) >= 11 is 0. The Morgan fingerprint density at radius 1 is 1.18 bits per heavy atom. The number of nitrogens with one attached hydrogen (secondary N) is 1. The molecule has 0 spiro atoms. The fourth-order valence-corrected chi connectivity index (χ4v) is 3.25. The summed E-state index contributed by atoms with van der Waals surface area (Å²) in [6.07, 6.45) is 6.46. The molecule has 3 aromatic rings. The van der Waals surface area contributed by atoms with Gasteiger partial charge in [-0.05, 0) is 30.2 Å². The molecule has 28 heavy (non-hydrogen) atoms. The Hall–Kier alpha value is -3.55. The summed E-state index contributed by atoms with van der Waals surface area (Å²) in [5.74, 6) is 0.712. The number of carbonyl (C=O) groups is 2. The third-order valence-electron chi connectivity index (χ3n) is 4.67. The van der Waals surface area contributed by atoms with Crippen LogP contribution in [0.1, 0.15) is 24.0 Å². The lowest BCUT2D eigenvalue weighted by molar-refractivity contribution is -0.120. The van der Waals surface area contributed by atoms with Gasteiger partial charge in [0, 0.05) is 37.0 Å². The number of benzene rings is 1. The third-order valence-corrected chi connectivity index (χ3v) is 4.67. The van der Waals surface area contributed by atoms with Crippen LogP contribution in [-0.4, -0.2) is 38.1 Å². The molecule has 1 saturated heterocycles. The van der Waals surface area contributed by atoms with Crippen molar-refractivity contribution in [1.29, 1.82) is 0 Å². The summed E-state index contributed by atoms with van der Waals surface area (Å²) in [7, 11) is 0. The molecule has 142 valence electrons. The number of hydrogen-bond donors (Lipinski definition) is 1. The molecule has 8 heteroatoms. The molecule has 0 radical (unpaired) electrons. The standard InChI is InChI=1S/C20H20N6O2/c27-18(11-15-5-7-17(8-6-15)25-10-2-4-19(25)28)23-12-16-3-1-9-22-20(16)26-14-21-13-24-26/h1,3,5-9,13-14H,2,4,10-12H2,(H,23,27). The predicted molar refractivity (Wildman–Crippen MR) is 103 cm³/mol. The molecule has 2 amide bonds.